The van der Waals surface area contributed by atoms with Crippen LogP contribution in [0.4, 0.5) is 0 Å². The topological polar surface area (TPSA) is 68.3 Å². The Hall–Kier alpha value is -1.73. The third-order valence-corrected chi connectivity index (χ3v) is 3.00. The summed E-state index contributed by atoms with van der Waals surface area (Å²) in [7, 11) is 0. The van der Waals surface area contributed by atoms with Crippen LogP contribution in [0.5, 0.6) is 11.5 Å². The van der Waals surface area contributed by atoms with Crippen molar-refractivity contribution in [3.63, 3.8) is 0 Å². The minimum Gasteiger partial charge on any atom is -0.493 e. The first-order valence-electron chi connectivity index (χ1n) is 7.18. The van der Waals surface area contributed by atoms with E-state index >= 15 is 0 Å². The third kappa shape index (κ3) is 5.10. The Morgan fingerprint density at radius 2 is 2.10 bits per heavy atom. The first-order valence-corrected chi connectivity index (χ1v) is 7.18. The molecule has 0 saturated heterocycles. The second-order valence-corrected chi connectivity index (χ2v) is 4.88. The molecule has 4 heteroatoms. The standard InChI is InChI=1S/C16H24N2O2/c1-4-8-19-15-7-6-13(9-14(18)5-2)16(10-15)20-12(3)11-17/h6-7,10,12,14H,4-5,8-9,18H2,1-3H3. The maximum absolute atomic E-state index is 8.89. The van der Waals surface area contributed by atoms with Crippen LogP contribution < -0.4 is 15.2 Å². The summed E-state index contributed by atoms with van der Waals surface area (Å²) >= 11 is 0. The normalized spacial score (nSPS) is 13.3. The monoisotopic (exact) mass is 276 g/mol. The van der Waals surface area contributed by atoms with E-state index in [9.17, 15) is 0 Å². The summed E-state index contributed by atoms with van der Waals surface area (Å²) in [5.41, 5.74) is 7.02. The highest BCUT2D eigenvalue weighted by atomic mass is 16.5. The molecule has 2 unspecified atom stereocenters. The lowest BCUT2D eigenvalue weighted by molar-refractivity contribution is 0.268. The molecule has 1 aromatic rings. The smallest absolute Gasteiger partial charge is 0.181 e. The fourth-order valence-corrected chi connectivity index (χ4v) is 1.77. The van der Waals surface area contributed by atoms with Crippen molar-refractivity contribution in [2.24, 2.45) is 5.73 Å². The van der Waals surface area contributed by atoms with Gasteiger partial charge in [-0.2, -0.15) is 5.26 Å². The number of nitriles is 1. The zero-order valence-electron chi connectivity index (χ0n) is 12.6. The number of nitrogens with zero attached hydrogens (tertiary/aromatic N) is 1. The fraction of sp³-hybridized carbons (Fsp3) is 0.562. The Kier molecular flexibility index (Phi) is 6.89. The van der Waals surface area contributed by atoms with E-state index in [0.29, 0.717) is 12.4 Å². The Bertz CT molecular complexity index is 454. The molecule has 0 bridgehead atoms. The highest BCUT2D eigenvalue weighted by Gasteiger charge is 2.12. The number of benzene rings is 1. The molecule has 1 aromatic carbocycles. The third-order valence-electron chi connectivity index (χ3n) is 3.00. The first-order chi connectivity index (χ1) is 9.60. The molecule has 20 heavy (non-hydrogen) atoms. The summed E-state index contributed by atoms with van der Waals surface area (Å²) < 4.78 is 11.3. The van der Waals surface area contributed by atoms with E-state index in [0.717, 1.165) is 30.6 Å². The second-order valence-electron chi connectivity index (χ2n) is 4.88. The predicted octanol–water partition coefficient (Wildman–Crippen LogP) is 3.05. The van der Waals surface area contributed by atoms with Crippen molar-refractivity contribution >= 4 is 0 Å². The van der Waals surface area contributed by atoms with Crippen molar-refractivity contribution in [2.45, 2.75) is 52.2 Å². The van der Waals surface area contributed by atoms with Crippen LogP contribution in [0.2, 0.25) is 0 Å². The van der Waals surface area contributed by atoms with Crippen LogP contribution in [0.3, 0.4) is 0 Å². The summed E-state index contributed by atoms with van der Waals surface area (Å²) in [5.74, 6) is 1.46. The van der Waals surface area contributed by atoms with Gasteiger partial charge in [-0.05, 0) is 37.8 Å². The van der Waals surface area contributed by atoms with Crippen molar-refractivity contribution in [1.29, 1.82) is 5.26 Å². The van der Waals surface area contributed by atoms with E-state index in [4.69, 9.17) is 20.5 Å². The molecule has 0 heterocycles. The van der Waals surface area contributed by atoms with Gasteiger partial charge in [0.05, 0.1) is 6.61 Å². The lowest BCUT2D eigenvalue weighted by Gasteiger charge is -2.17. The van der Waals surface area contributed by atoms with Crippen LogP contribution in [0.15, 0.2) is 18.2 Å². The molecule has 0 spiro atoms. The molecule has 0 aliphatic rings. The maximum Gasteiger partial charge on any atom is 0.181 e. The van der Waals surface area contributed by atoms with E-state index in [1.165, 1.54) is 0 Å². The lowest BCUT2D eigenvalue weighted by Crippen LogP contribution is -2.22. The summed E-state index contributed by atoms with van der Waals surface area (Å²) in [5, 5.41) is 8.89. The molecule has 0 aliphatic heterocycles. The maximum atomic E-state index is 8.89. The number of ether oxygens (including phenoxy) is 2. The molecule has 4 nitrogen and oxygen atoms in total. The fourth-order valence-electron chi connectivity index (χ4n) is 1.77. The Morgan fingerprint density at radius 1 is 1.35 bits per heavy atom. The Balaban J connectivity index is 2.93. The lowest BCUT2D eigenvalue weighted by atomic mass is 10.0. The summed E-state index contributed by atoms with van der Waals surface area (Å²) in [4.78, 5) is 0. The van der Waals surface area contributed by atoms with Gasteiger partial charge in [0.25, 0.3) is 0 Å². The molecule has 0 aromatic heterocycles. The van der Waals surface area contributed by atoms with E-state index in [-0.39, 0.29) is 6.04 Å². The van der Waals surface area contributed by atoms with E-state index in [1.54, 1.807) is 6.92 Å². The van der Waals surface area contributed by atoms with E-state index in [1.807, 2.05) is 18.2 Å². The molecule has 2 N–H and O–H groups in total. The summed E-state index contributed by atoms with van der Waals surface area (Å²) in [6.45, 7) is 6.51. The molecule has 0 amide bonds. The molecular formula is C16H24N2O2. The zero-order valence-corrected chi connectivity index (χ0v) is 12.6. The van der Waals surface area contributed by atoms with Crippen LogP contribution in [0.1, 0.15) is 39.2 Å². The van der Waals surface area contributed by atoms with Gasteiger partial charge in [-0.3, -0.25) is 0 Å². The Labute approximate surface area is 121 Å². The summed E-state index contributed by atoms with van der Waals surface area (Å²) in [6.07, 6.45) is 2.10. The number of rotatable bonds is 8. The number of hydrogen-bond donors (Lipinski definition) is 1. The largest absolute Gasteiger partial charge is 0.493 e. The van der Waals surface area contributed by atoms with Crippen molar-refractivity contribution in [1.82, 2.24) is 0 Å². The van der Waals surface area contributed by atoms with Gasteiger partial charge in [0.1, 0.15) is 17.6 Å². The van der Waals surface area contributed by atoms with Gasteiger partial charge in [0.2, 0.25) is 0 Å². The van der Waals surface area contributed by atoms with Gasteiger partial charge in [-0.15, -0.1) is 0 Å². The second kappa shape index (κ2) is 8.44. The highest BCUT2D eigenvalue weighted by Crippen LogP contribution is 2.27. The number of hydrogen-bond acceptors (Lipinski definition) is 4. The first kappa shape index (κ1) is 16.3. The van der Waals surface area contributed by atoms with Crippen LogP contribution in [0.25, 0.3) is 0 Å². The van der Waals surface area contributed by atoms with Gasteiger partial charge >= 0.3 is 0 Å². The van der Waals surface area contributed by atoms with Gasteiger partial charge < -0.3 is 15.2 Å². The molecule has 0 fully saturated rings. The van der Waals surface area contributed by atoms with Gasteiger partial charge in [-0.1, -0.05) is 19.9 Å². The van der Waals surface area contributed by atoms with Crippen LogP contribution >= 0.6 is 0 Å². The molecule has 0 aliphatic carbocycles. The minimum absolute atomic E-state index is 0.0946. The molecule has 0 radical (unpaired) electrons. The van der Waals surface area contributed by atoms with Gasteiger partial charge in [-0.25, -0.2) is 0 Å². The van der Waals surface area contributed by atoms with Crippen LogP contribution in [-0.2, 0) is 6.42 Å². The van der Waals surface area contributed by atoms with Gasteiger partial charge in [0.15, 0.2) is 6.10 Å². The molecular weight excluding hydrogens is 252 g/mol. The highest BCUT2D eigenvalue weighted by molar-refractivity contribution is 5.41. The average molecular weight is 276 g/mol. The summed E-state index contributed by atoms with van der Waals surface area (Å²) in [6, 6.07) is 7.92. The van der Waals surface area contributed by atoms with Gasteiger partial charge in [0, 0.05) is 12.1 Å². The van der Waals surface area contributed by atoms with E-state index < -0.39 is 6.10 Å². The van der Waals surface area contributed by atoms with Crippen LogP contribution in [0, 0.1) is 11.3 Å². The minimum atomic E-state index is -0.493. The Morgan fingerprint density at radius 3 is 2.70 bits per heavy atom. The molecule has 2 atom stereocenters. The molecule has 1 rings (SSSR count). The average Bonchev–Trinajstić information content (AvgIpc) is 2.46. The zero-order chi connectivity index (χ0) is 15.0. The van der Waals surface area contributed by atoms with Crippen molar-refractivity contribution in [3.05, 3.63) is 23.8 Å². The van der Waals surface area contributed by atoms with E-state index in [2.05, 4.69) is 19.9 Å². The van der Waals surface area contributed by atoms with Crippen molar-refractivity contribution < 1.29 is 9.47 Å². The quantitative estimate of drug-likeness (QED) is 0.792. The molecule has 0 saturated carbocycles. The SMILES string of the molecule is CCCOc1ccc(CC(N)CC)c(OC(C)C#N)c1. The number of nitrogens with two attached hydrogens (primary N) is 1. The molecule has 110 valence electrons. The van der Waals surface area contributed by atoms with Crippen molar-refractivity contribution in [2.75, 3.05) is 6.61 Å². The van der Waals surface area contributed by atoms with Crippen LogP contribution in [-0.4, -0.2) is 18.8 Å². The van der Waals surface area contributed by atoms with Crippen molar-refractivity contribution in [3.8, 4) is 17.6 Å². The predicted molar refractivity (Wildman–Crippen MR) is 79.9 cm³/mol.